The van der Waals surface area contributed by atoms with E-state index in [9.17, 15) is 4.39 Å². The van der Waals surface area contributed by atoms with Crippen LogP contribution in [0.2, 0.25) is 5.02 Å². The van der Waals surface area contributed by atoms with E-state index in [1.807, 2.05) is 0 Å². The smallest absolute Gasteiger partial charge is 0.221 e. The number of hydrogen-bond acceptors (Lipinski definition) is 4. The van der Waals surface area contributed by atoms with Crippen LogP contribution < -0.4 is 11.1 Å². The molecule has 94 valence electrons. The van der Waals surface area contributed by atoms with Crippen LogP contribution >= 0.6 is 27.5 Å². The van der Waals surface area contributed by atoms with Gasteiger partial charge in [-0.15, -0.1) is 0 Å². The van der Waals surface area contributed by atoms with E-state index < -0.39 is 5.82 Å². The van der Waals surface area contributed by atoms with Crippen LogP contribution in [0.15, 0.2) is 28.9 Å². The zero-order valence-electron chi connectivity index (χ0n) is 9.12. The average molecular weight is 332 g/mol. The molecule has 0 saturated carbocycles. The van der Waals surface area contributed by atoms with Crippen molar-refractivity contribution in [1.29, 1.82) is 0 Å². The molecule has 2 aromatic rings. The number of nitrogens with zero attached hydrogens (tertiary/aromatic N) is 2. The summed E-state index contributed by atoms with van der Waals surface area (Å²) in [7, 11) is 0. The molecule has 18 heavy (non-hydrogen) atoms. The number of aromatic nitrogens is 2. The van der Waals surface area contributed by atoms with Crippen LogP contribution in [-0.2, 0) is 6.54 Å². The van der Waals surface area contributed by atoms with Crippen molar-refractivity contribution in [2.45, 2.75) is 6.54 Å². The Balaban J connectivity index is 2.11. The van der Waals surface area contributed by atoms with Gasteiger partial charge in [0.15, 0.2) is 0 Å². The van der Waals surface area contributed by atoms with Crippen LogP contribution in [0.1, 0.15) is 5.56 Å². The number of rotatable bonds is 3. The Morgan fingerprint density at radius 3 is 2.94 bits per heavy atom. The summed E-state index contributed by atoms with van der Waals surface area (Å²) in [6.45, 7) is 0.453. The van der Waals surface area contributed by atoms with Gasteiger partial charge in [-0.3, -0.25) is 0 Å². The zero-order chi connectivity index (χ0) is 13.1. The molecule has 1 aromatic carbocycles. The van der Waals surface area contributed by atoms with Gasteiger partial charge in [-0.2, -0.15) is 4.98 Å². The largest absolute Gasteiger partial charge is 0.368 e. The highest BCUT2D eigenvalue weighted by Crippen LogP contribution is 2.21. The number of halogens is 3. The Bertz CT molecular complexity index is 579. The fourth-order valence-electron chi connectivity index (χ4n) is 1.34. The second-order valence-corrected chi connectivity index (χ2v) is 4.79. The summed E-state index contributed by atoms with van der Waals surface area (Å²) >= 11 is 9.00. The van der Waals surface area contributed by atoms with Crippen molar-refractivity contribution in [1.82, 2.24) is 9.97 Å². The third kappa shape index (κ3) is 3.08. The maximum atomic E-state index is 13.0. The van der Waals surface area contributed by atoms with Crippen molar-refractivity contribution >= 4 is 39.3 Å². The summed E-state index contributed by atoms with van der Waals surface area (Å²) < 4.78 is 13.7. The monoisotopic (exact) mass is 330 g/mol. The molecule has 0 saturated heterocycles. The number of anilines is 2. The number of hydrogen-bond donors (Lipinski definition) is 2. The van der Waals surface area contributed by atoms with E-state index in [0.717, 1.165) is 5.56 Å². The molecule has 0 radical (unpaired) electrons. The molecule has 1 heterocycles. The van der Waals surface area contributed by atoms with Gasteiger partial charge in [-0.1, -0.05) is 17.7 Å². The van der Waals surface area contributed by atoms with Crippen LogP contribution in [-0.4, -0.2) is 9.97 Å². The first kappa shape index (κ1) is 13.0. The molecule has 7 heteroatoms. The Morgan fingerprint density at radius 1 is 1.44 bits per heavy atom. The summed E-state index contributed by atoms with van der Waals surface area (Å²) in [5.41, 5.74) is 6.33. The summed E-state index contributed by atoms with van der Waals surface area (Å²) in [6.07, 6.45) is 1.56. The molecule has 0 fully saturated rings. The van der Waals surface area contributed by atoms with E-state index in [4.69, 9.17) is 17.3 Å². The lowest BCUT2D eigenvalue weighted by atomic mass is 10.2. The summed E-state index contributed by atoms with van der Waals surface area (Å²) in [5.74, 6) is 0.314. The van der Waals surface area contributed by atoms with Gasteiger partial charge in [0.1, 0.15) is 11.6 Å². The van der Waals surface area contributed by atoms with Gasteiger partial charge in [0.2, 0.25) is 5.95 Å². The minimum absolute atomic E-state index is 0.0931. The van der Waals surface area contributed by atoms with Gasteiger partial charge in [-0.25, -0.2) is 9.37 Å². The Labute approximate surface area is 117 Å². The zero-order valence-corrected chi connectivity index (χ0v) is 11.5. The highest BCUT2D eigenvalue weighted by Gasteiger charge is 2.04. The minimum Gasteiger partial charge on any atom is -0.368 e. The first-order valence-electron chi connectivity index (χ1n) is 5.02. The highest BCUT2D eigenvalue weighted by atomic mass is 79.9. The topological polar surface area (TPSA) is 63.8 Å². The van der Waals surface area contributed by atoms with Gasteiger partial charge >= 0.3 is 0 Å². The normalized spacial score (nSPS) is 10.4. The quantitative estimate of drug-likeness (QED) is 0.906. The van der Waals surface area contributed by atoms with Gasteiger partial charge in [0, 0.05) is 12.7 Å². The molecular formula is C11H9BrClFN4. The number of benzene rings is 1. The van der Waals surface area contributed by atoms with Crippen LogP contribution in [0.3, 0.4) is 0 Å². The standard InChI is InChI=1S/C11H9BrClFN4/c12-7-5-17-11(15)18-10(7)16-4-6-1-2-9(14)8(13)3-6/h1-3,5H,4H2,(H3,15,16,17,18). The lowest BCUT2D eigenvalue weighted by Crippen LogP contribution is -2.05. The SMILES string of the molecule is Nc1ncc(Br)c(NCc2ccc(F)c(Cl)c2)n1. The van der Waals surface area contributed by atoms with Crippen molar-refractivity contribution in [3.8, 4) is 0 Å². The molecule has 0 bridgehead atoms. The second-order valence-electron chi connectivity index (χ2n) is 3.53. The van der Waals surface area contributed by atoms with E-state index in [2.05, 4.69) is 31.2 Å². The molecule has 0 aliphatic carbocycles. The summed E-state index contributed by atoms with van der Waals surface area (Å²) in [5, 5.41) is 3.15. The fraction of sp³-hybridized carbons (Fsp3) is 0.0909. The lowest BCUT2D eigenvalue weighted by molar-refractivity contribution is 0.627. The van der Waals surface area contributed by atoms with Gasteiger partial charge in [0.05, 0.1) is 9.50 Å². The molecule has 4 nitrogen and oxygen atoms in total. The molecule has 0 atom stereocenters. The van der Waals surface area contributed by atoms with E-state index in [-0.39, 0.29) is 11.0 Å². The van der Waals surface area contributed by atoms with E-state index in [1.165, 1.54) is 6.07 Å². The molecule has 3 N–H and O–H groups in total. The minimum atomic E-state index is -0.437. The summed E-state index contributed by atoms with van der Waals surface area (Å²) in [4.78, 5) is 7.86. The van der Waals surface area contributed by atoms with Crippen molar-refractivity contribution in [2.75, 3.05) is 11.1 Å². The summed E-state index contributed by atoms with van der Waals surface area (Å²) in [6, 6.07) is 4.53. The van der Waals surface area contributed by atoms with E-state index in [0.29, 0.717) is 16.8 Å². The maximum absolute atomic E-state index is 13.0. The third-order valence-corrected chi connectivity index (χ3v) is 3.08. The average Bonchev–Trinajstić information content (AvgIpc) is 2.34. The molecule has 0 unspecified atom stereocenters. The van der Waals surface area contributed by atoms with Crippen molar-refractivity contribution in [3.05, 3.63) is 45.3 Å². The first-order chi connectivity index (χ1) is 8.56. The molecule has 0 aliphatic heterocycles. The van der Waals surface area contributed by atoms with Crippen LogP contribution in [0.4, 0.5) is 16.2 Å². The lowest BCUT2D eigenvalue weighted by Gasteiger charge is -2.08. The van der Waals surface area contributed by atoms with E-state index >= 15 is 0 Å². The molecular weight excluding hydrogens is 323 g/mol. The molecule has 0 aliphatic rings. The van der Waals surface area contributed by atoms with Crippen LogP contribution in [0.25, 0.3) is 0 Å². The van der Waals surface area contributed by atoms with Crippen LogP contribution in [0.5, 0.6) is 0 Å². The molecule has 0 spiro atoms. The van der Waals surface area contributed by atoms with Crippen molar-refractivity contribution in [2.24, 2.45) is 0 Å². The maximum Gasteiger partial charge on any atom is 0.221 e. The third-order valence-electron chi connectivity index (χ3n) is 2.21. The van der Waals surface area contributed by atoms with Crippen molar-refractivity contribution < 1.29 is 4.39 Å². The van der Waals surface area contributed by atoms with Gasteiger partial charge in [0.25, 0.3) is 0 Å². The van der Waals surface area contributed by atoms with Crippen LogP contribution in [0, 0.1) is 5.82 Å². The Hall–Kier alpha value is -1.40. The first-order valence-corrected chi connectivity index (χ1v) is 6.19. The molecule has 0 amide bonds. The number of nitrogens with two attached hydrogens (primary N) is 1. The van der Waals surface area contributed by atoms with Gasteiger partial charge in [-0.05, 0) is 33.6 Å². The number of nitrogen functional groups attached to an aromatic ring is 1. The molecule has 2 rings (SSSR count). The Kier molecular flexibility index (Phi) is 3.98. The predicted molar refractivity (Wildman–Crippen MR) is 72.9 cm³/mol. The second kappa shape index (κ2) is 5.49. The van der Waals surface area contributed by atoms with Gasteiger partial charge < -0.3 is 11.1 Å². The fourth-order valence-corrected chi connectivity index (χ4v) is 1.87. The van der Waals surface area contributed by atoms with E-state index in [1.54, 1.807) is 18.3 Å². The van der Waals surface area contributed by atoms with Crippen molar-refractivity contribution in [3.63, 3.8) is 0 Å². The number of nitrogens with one attached hydrogen (secondary N) is 1. The molecule has 1 aromatic heterocycles. The predicted octanol–water partition coefficient (Wildman–Crippen LogP) is 3.23. The highest BCUT2D eigenvalue weighted by molar-refractivity contribution is 9.10. The Morgan fingerprint density at radius 2 is 2.22 bits per heavy atom.